The van der Waals surface area contributed by atoms with Gasteiger partial charge < -0.3 is 16.0 Å². The minimum absolute atomic E-state index is 0.218. The van der Waals surface area contributed by atoms with Crippen LogP contribution >= 0.6 is 0 Å². The van der Waals surface area contributed by atoms with Gasteiger partial charge in [0, 0.05) is 12.6 Å². The molecule has 1 aromatic heterocycles. The lowest BCUT2D eigenvalue weighted by molar-refractivity contribution is 0.0947. The van der Waals surface area contributed by atoms with E-state index in [-0.39, 0.29) is 11.6 Å². The van der Waals surface area contributed by atoms with Crippen LogP contribution in [-0.4, -0.2) is 47.2 Å². The number of hydrogen-bond donors (Lipinski definition) is 3. The second kappa shape index (κ2) is 6.39. The fourth-order valence-electron chi connectivity index (χ4n) is 1.48. The quantitative estimate of drug-likeness (QED) is 0.653. The van der Waals surface area contributed by atoms with Gasteiger partial charge in [-0.25, -0.2) is 0 Å². The number of nitrogens with two attached hydrogens (primary N) is 1. The predicted molar refractivity (Wildman–Crippen MR) is 72.5 cm³/mol. The number of aryl methyl sites for hydroxylation is 1. The summed E-state index contributed by atoms with van der Waals surface area (Å²) in [6.07, 6.45) is 0.906. The van der Waals surface area contributed by atoms with E-state index in [2.05, 4.69) is 41.3 Å². The van der Waals surface area contributed by atoms with Gasteiger partial charge in [-0.05, 0) is 40.8 Å². The molecular weight excluding hydrogens is 230 g/mol. The van der Waals surface area contributed by atoms with Crippen molar-refractivity contribution in [2.75, 3.05) is 25.9 Å². The van der Waals surface area contributed by atoms with Gasteiger partial charge in [-0.3, -0.25) is 9.89 Å². The van der Waals surface area contributed by atoms with Gasteiger partial charge in [-0.1, -0.05) is 0 Å². The summed E-state index contributed by atoms with van der Waals surface area (Å²) in [5, 5.41) is 9.40. The molecule has 0 aromatic carbocycles. The maximum Gasteiger partial charge on any atom is 0.273 e. The van der Waals surface area contributed by atoms with E-state index >= 15 is 0 Å². The number of anilines is 1. The Morgan fingerprint density at radius 1 is 1.56 bits per heavy atom. The van der Waals surface area contributed by atoms with E-state index < -0.39 is 0 Å². The van der Waals surface area contributed by atoms with E-state index in [1.807, 2.05) is 0 Å². The SMILES string of the molecule is Cc1[nH]nc(C(=O)NCCCN(C)C(C)C)c1N. The molecule has 0 atom stereocenters. The third kappa shape index (κ3) is 3.73. The number of rotatable bonds is 6. The van der Waals surface area contributed by atoms with Crippen molar-refractivity contribution in [1.82, 2.24) is 20.4 Å². The molecule has 1 heterocycles. The zero-order valence-electron chi connectivity index (χ0n) is 11.6. The Balaban J connectivity index is 2.32. The molecule has 6 nitrogen and oxygen atoms in total. The van der Waals surface area contributed by atoms with Crippen molar-refractivity contribution in [2.24, 2.45) is 0 Å². The molecular formula is C12H23N5O. The van der Waals surface area contributed by atoms with Crippen LogP contribution in [0.2, 0.25) is 0 Å². The van der Waals surface area contributed by atoms with Gasteiger partial charge in [-0.2, -0.15) is 5.10 Å². The van der Waals surface area contributed by atoms with Crippen LogP contribution in [0.25, 0.3) is 0 Å². The van der Waals surface area contributed by atoms with Crippen LogP contribution in [0.4, 0.5) is 5.69 Å². The highest BCUT2D eigenvalue weighted by molar-refractivity contribution is 5.97. The number of carbonyl (C=O) groups is 1. The summed E-state index contributed by atoms with van der Waals surface area (Å²) in [6.45, 7) is 7.66. The van der Waals surface area contributed by atoms with E-state index in [4.69, 9.17) is 5.73 Å². The Bertz CT molecular complexity index is 399. The Hall–Kier alpha value is -1.56. The Labute approximate surface area is 108 Å². The van der Waals surface area contributed by atoms with Crippen LogP contribution in [0, 0.1) is 6.92 Å². The van der Waals surface area contributed by atoms with Crippen molar-refractivity contribution >= 4 is 11.6 Å². The molecule has 0 aliphatic heterocycles. The lowest BCUT2D eigenvalue weighted by atomic mass is 10.3. The van der Waals surface area contributed by atoms with Crippen LogP contribution in [-0.2, 0) is 0 Å². The Morgan fingerprint density at radius 3 is 2.72 bits per heavy atom. The first-order chi connectivity index (χ1) is 8.43. The lowest BCUT2D eigenvalue weighted by Crippen LogP contribution is -2.31. The summed E-state index contributed by atoms with van der Waals surface area (Å²) in [4.78, 5) is 14.0. The van der Waals surface area contributed by atoms with Crippen molar-refractivity contribution in [2.45, 2.75) is 33.2 Å². The van der Waals surface area contributed by atoms with Gasteiger partial charge in [0.2, 0.25) is 0 Å². The number of aromatic amines is 1. The first-order valence-electron chi connectivity index (χ1n) is 6.22. The molecule has 0 spiro atoms. The van der Waals surface area contributed by atoms with Crippen LogP contribution < -0.4 is 11.1 Å². The molecule has 18 heavy (non-hydrogen) atoms. The average molecular weight is 253 g/mol. The summed E-state index contributed by atoms with van der Waals surface area (Å²) in [5.41, 5.74) is 7.16. The molecule has 0 aliphatic rings. The number of hydrogen-bond acceptors (Lipinski definition) is 4. The average Bonchev–Trinajstić information content (AvgIpc) is 2.65. The maximum atomic E-state index is 11.8. The fourth-order valence-corrected chi connectivity index (χ4v) is 1.48. The number of nitrogen functional groups attached to an aromatic ring is 1. The number of H-pyrrole nitrogens is 1. The van der Waals surface area contributed by atoms with E-state index in [9.17, 15) is 4.79 Å². The molecule has 0 saturated heterocycles. The molecule has 0 radical (unpaired) electrons. The Morgan fingerprint density at radius 2 is 2.22 bits per heavy atom. The van der Waals surface area contributed by atoms with Gasteiger partial charge in [0.25, 0.3) is 5.91 Å². The highest BCUT2D eigenvalue weighted by Crippen LogP contribution is 2.11. The highest BCUT2D eigenvalue weighted by Gasteiger charge is 2.14. The molecule has 1 amide bonds. The van der Waals surface area contributed by atoms with Gasteiger partial charge in [-0.15, -0.1) is 0 Å². The van der Waals surface area contributed by atoms with Crippen LogP contribution in [0.3, 0.4) is 0 Å². The molecule has 6 heteroatoms. The second-order valence-corrected chi connectivity index (χ2v) is 4.79. The lowest BCUT2D eigenvalue weighted by Gasteiger charge is -2.20. The molecule has 0 saturated carbocycles. The van der Waals surface area contributed by atoms with Gasteiger partial charge >= 0.3 is 0 Å². The van der Waals surface area contributed by atoms with Crippen molar-refractivity contribution in [3.8, 4) is 0 Å². The molecule has 1 aromatic rings. The van der Waals surface area contributed by atoms with Crippen molar-refractivity contribution in [3.05, 3.63) is 11.4 Å². The molecule has 4 N–H and O–H groups in total. The topological polar surface area (TPSA) is 87.0 Å². The van der Waals surface area contributed by atoms with Crippen LogP contribution in [0.1, 0.15) is 36.5 Å². The number of nitrogens with one attached hydrogen (secondary N) is 2. The number of nitrogens with zero attached hydrogens (tertiary/aromatic N) is 2. The first kappa shape index (κ1) is 14.5. The summed E-state index contributed by atoms with van der Waals surface area (Å²) >= 11 is 0. The Kier molecular flexibility index (Phi) is 5.15. The highest BCUT2D eigenvalue weighted by atomic mass is 16.1. The van der Waals surface area contributed by atoms with Crippen LogP contribution in [0.5, 0.6) is 0 Å². The summed E-state index contributed by atoms with van der Waals surface area (Å²) < 4.78 is 0. The standard InChI is InChI=1S/C12H23N5O/c1-8(2)17(4)7-5-6-14-12(18)11-10(13)9(3)15-16-11/h8H,5-7,13H2,1-4H3,(H,14,18)(H,15,16). The van der Waals surface area contributed by atoms with Crippen molar-refractivity contribution < 1.29 is 4.79 Å². The van der Waals surface area contributed by atoms with Gasteiger partial charge in [0.1, 0.15) is 0 Å². The second-order valence-electron chi connectivity index (χ2n) is 4.79. The molecule has 0 aliphatic carbocycles. The monoisotopic (exact) mass is 253 g/mol. The molecule has 0 bridgehead atoms. The van der Waals surface area contributed by atoms with Crippen molar-refractivity contribution in [3.63, 3.8) is 0 Å². The smallest absolute Gasteiger partial charge is 0.273 e. The summed E-state index contributed by atoms with van der Waals surface area (Å²) in [7, 11) is 2.07. The zero-order valence-corrected chi connectivity index (χ0v) is 11.6. The van der Waals surface area contributed by atoms with E-state index in [1.165, 1.54) is 0 Å². The largest absolute Gasteiger partial charge is 0.395 e. The maximum absolute atomic E-state index is 11.8. The van der Waals surface area contributed by atoms with E-state index in [0.29, 0.717) is 18.3 Å². The molecule has 0 unspecified atom stereocenters. The van der Waals surface area contributed by atoms with E-state index in [1.54, 1.807) is 6.92 Å². The zero-order chi connectivity index (χ0) is 13.7. The van der Waals surface area contributed by atoms with Gasteiger partial charge in [0.05, 0.1) is 11.4 Å². The fraction of sp³-hybridized carbons (Fsp3) is 0.667. The first-order valence-corrected chi connectivity index (χ1v) is 6.22. The summed E-state index contributed by atoms with van der Waals surface area (Å²) in [5.74, 6) is -0.218. The minimum atomic E-state index is -0.218. The number of carbonyl (C=O) groups excluding carboxylic acids is 1. The number of amides is 1. The van der Waals surface area contributed by atoms with Gasteiger partial charge in [0.15, 0.2) is 5.69 Å². The normalized spacial score (nSPS) is 11.2. The van der Waals surface area contributed by atoms with Crippen molar-refractivity contribution in [1.29, 1.82) is 0 Å². The minimum Gasteiger partial charge on any atom is -0.395 e. The third-order valence-electron chi connectivity index (χ3n) is 3.06. The molecule has 102 valence electrons. The molecule has 0 fully saturated rings. The number of aromatic nitrogens is 2. The van der Waals surface area contributed by atoms with Crippen LogP contribution in [0.15, 0.2) is 0 Å². The summed E-state index contributed by atoms with van der Waals surface area (Å²) in [6, 6.07) is 0.519. The molecule has 1 rings (SSSR count). The van der Waals surface area contributed by atoms with E-state index in [0.717, 1.165) is 18.7 Å². The third-order valence-corrected chi connectivity index (χ3v) is 3.06. The predicted octanol–water partition coefficient (Wildman–Crippen LogP) is 0.760.